The molecule has 164 valence electrons. The summed E-state index contributed by atoms with van der Waals surface area (Å²) >= 11 is 3.55. The fraction of sp³-hybridized carbons (Fsp3) is 0.308. The Balaban J connectivity index is 1.43. The predicted molar refractivity (Wildman–Crippen MR) is 136 cm³/mol. The summed E-state index contributed by atoms with van der Waals surface area (Å²) in [6, 6.07) is 19.1. The monoisotopic (exact) mass is 489 g/mol. The summed E-state index contributed by atoms with van der Waals surface area (Å²) in [6.45, 7) is 3.55. The SMILES string of the molecule is Brc1cccc(CCNc2nc3c4c(n2)N(Cc2ccccc2)CC/C4=C\CCCN3)c1. The van der Waals surface area contributed by atoms with Crippen LogP contribution in [0.2, 0.25) is 0 Å². The first-order chi connectivity index (χ1) is 15.8. The summed E-state index contributed by atoms with van der Waals surface area (Å²) in [5.41, 5.74) is 5.15. The Bertz CT molecular complexity index is 1110. The largest absolute Gasteiger partial charge is 0.369 e. The normalized spacial score (nSPS) is 16.8. The molecule has 32 heavy (non-hydrogen) atoms. The van der Waals surface area contributed by atoms with Gasteiger partial charge in [0, 0.05) is 30.7 Å². The van der Waals surface area contributed by atoms with E-state index in [4.69, 9.17) is 9.97 Å². The fourth-order valence-corrected chi connectivity index (χ4v) is 4.87. The maximum atomic E-state index is 5.02. The molecule has 0 fully saturated rings. The number of hydrogen-bond acceptors (Lipinski definition) is 5. The van der Waals surface area contributed by atoms with Crippen LogP contribution in [0.4, 0.5) is 17.6 Å². The van der Waals surface area contributed by atoms with Crippen molar-refractivity contribution in [1.29, 1.82) is 0 Å². The molecule has 2 aromatic carbocycles. The van der Waals surface area contributed by atoms with Crippen LogP contribution in [0.15, 0.2) is 65.1 Å². The molecule has 2 aliphatic heterocycles. The van der Waals surface area contributed by atoms with Gasteiger partial charge in [-0.1, -0.05) is 64.5 Å². The van der Waals surface area contributed by atoms with Crippen LogP contribution in [0.1, 0.15) is 36.0 Å². The third kappa shape index (κ3) is 4.80. The van der Waals surface area contributed by atoms with Crippen molar-refractivity contribution in [3.63, 3.8) is 0 Å². The van der Waals surface area contributed by atoms with Crippen molar-refractivity contribution in [2.45, 2.75) is 32.2 Å². The Morgan fingerprint density at radius 3 is 2.78 bits per heavy atom. The summed E-state index contributed by atoms with van der Waals surface area (Å²) in [4.78, 5) is 12.3. The zero-order chi connectivity index (χ0) is 21.8. The lowest BCUT2D eigenvalue weighted by Crippen LogP contribution is -2.31. The first kappa shape index (κ1) is 21.0. The van der Waals surface area contributed by atoms with E-state index in [0.29, 0.717) is 5.95 Å². The first-order valence-electron chi connectivity index (χ1n) is 11.4. The molecule has 0 atom stereocenters. The standard InChI is InChI=1S/C26H28BrN5/c27-22-11-6-9-19(17-22)12-15-29-26-30-24-23-21(10-4-5-14-28-24)13-16-32(25(23)31-26)18-20-7-2-1-3-8-20/h1-3,6-11,17H,4-5,12-16,18H2,(H2,28,29,30,31)/b21-10+. The van der Waals surface area contributed by atoms with Gasteiger partial charge in [0.1, 0.15) is 11.6 Å². The second-order valence-electron chi connectivity index (χ2n) is 8.36. The fourth-order valence-electron chi connectivity index (χ4n) is 4.42. The predicted octanol–water partition coefficient (Wildman–Crippen LogP) is 5.89. The van der Waals surface area contributed by atoms with Gasteiger partial charge in [-0.15, -0.1) is 0 Å². The van der Waals surface area contributed by atoms with Crippen molar-refractivity contribution >= 4 is 39.1 Å². The second kappa shape index (κ2) is 9.74. The molecule has 1 aromatic heterocycles. The molecule has 5 nitrogen and oxygen atoms in total. The number of benzene rings is 2. The molecule has 3 aromatic rings. The van der Waals surface area contributed by atoms with Crippen LogP contribution in [0.25, 0.3) is 5.57 Å². The zero-order valence-electron chi connectivity index (χ0n) is 18.1. The van der Waals surface area contributed by atoms with Gasteiger partial charge < -0.3 is 15.5 Å². The average molecular weight is 490 g/mol. The van der Waals surface area contributed by atoms with Gasteiger partial charge in [0.05, 0.1) is 5.56 Å². The quantitative estimate of drug-likeness (QED) is 0.451. The molecule has 0 bridgehead atoms. The van der Waals surface area contributed by atoms with Gasteiger partial charge >= 0.3 is 0 Å². The number of halogens is 1. The number of allylic oxidation sites excluding steroid dienone is 1. The molecule has 0 saturated carbocycles. The summed E-state index contributed by atoms with van der Waals surface area (Å²) in [5.74, 6) is 2.69. The summed E-state index contributed by atoms with van der Waals surface area (Å²) in [5, 5.41) is 7.05. The van der Waals surface area contributed by atoms with Gasteiger partial charge in [-0.25, -0.2) is 0 Å². The number of hydrogen-bond donors (Lipinski definition) is 2. The minimum Gasteiger partial charge on any atom is -0.369 e. The molecule has 0 unspecified atom stereocenters. The molecule has 3 heterocycles. The summed E-state index contributed by atoms with van der Waals surface area (Å²) in [7, 11) is 0. The molecular weight excluding hydrogens is 462 g/mol. The van der Waals surface area contributed by atoms with E-state index in [-0.39, 0.29) is 0 Å². The van der Waals surface area contributed by atoms with Crippen LogP contribution in [0.5, 0.6) is 0 Å². The Morgan fingerprint density at radius 1 is 1.03 bits per heavy atom. The van der Waals surface area contributed by atoms with Gasteiger partial charge in [-0.3, -0.25) is 0 Å². The number of anilines is 3. The van der Waals surface area contributed by atoms with Gasteiger partial charge in [0.15, 0.2) is 0 Å². The zero-order valence-corrected chi connectivity index (χ0v) is 19.7. The summed E-state index contributed by atoms with van der Waals surface area (Å²) < 4.78 is 1.11. The van der Waals surface area contributed by atoms with Crippen molar-refractivity contribution in [2.24, 2.45) is 0 Å². The van der Waals surface area contributed by atoms with E-state index < -0.39 is 0 Å². The lowest BCUT2D eigenvalue weighted by atomic mass is 9.96. The van der Waals surface area contributed by atoms with Gasteiger partial charge in [0.2, 0.25) is 5.95 Å². The number of nitrogens with one attached hydrogen (secondary N) is 2. The molecule has 0 radical (unpaired) electrons. The Kier molecular flexibility index (Phi) is 6.39. The van der Waals surface area contributed by atoms with Crippen molar-refractivity contribution in [2.75, 3.05) is 35.2 Å². The van der Waals surface area contributed by atoms with Crippen molar-refractivity contribution in [3.8, 4) is 0 Å². The van der Waals surface area contributed by atoms with Crippen LogP contribution in [-0.4, -0.2) is 29.6 Å². The van der Waals surface area contributed by atoms with Gasteiger partial charge in [-0.05, 0) is 54.5 Å². The molecular formula is C26H28BrN5. The van der Waals surface area contributed by atoms with Crippen molar-refractivity contribution in [1.82, 2.24) is 9.97 Å². The molecule has 0 saturated heterocycles. The average Bonchev–Trinajstić information content (AvgIpc) is 2.79. The second-order valence-corrected chi connectivity index (χ2v) is 9.27. The van der Waals surface area contributed by atoms with Crippen LogP contribution < -0.4 is 15.5 Å². The van der Waals surface area contributed by atoms with E-state index >= 15 is 0 Å². The van der Waals surface area contributed by atoms with Crippen LogP contribution in [-0.2, 0) is 13.0 Å². The first-order valence-corrected chi connectivity index (χ1v) is 12.2. The molecule has 5 rings (SSSR count). The van der Waals surface area contributed by atoms with E-state index in [1.165, 1.54) is 22.3 Å². The van der Waals surface area contributed by atoms with E-state index in [1.807, 2.05) is 0 Å². The lowest BCUT2D eigenvalue weighted by Gasteiger charge is -2.33. The smallest absolute Gasteiger partial charge is 0.226 e. The Morgan fingerprint density at radius 2 is 1.91 bits per heavy atom. The topological polar surface area (TPSA) is 53.1 Å². The van der Waals surface area contributed by atoms with Crippen molar-refractivity contribution in [3.05, 3.63) is 81.8 Å². The van der Waals surface area contributed by atoms with E-state index in [2.05, 4.69) is 92.1 Å². The minimum absolute atomic E-state index is 0.695. The van der Waals surface area contributed by atoms with Crippen LogP contribution in [0.3, 0.4) is 0 Å². The van der Waals surface area contributed by atoms with E-state index in [9.17, 15) is 0 Å². The highest BCUT2D eigenvalue weighted by atomic mass is 79.9. The van der Waals surface area contributed by atoms with Gasteiger partial charge in [-0.2, -0.15) is 9.97 Å². The maximum absolute atomic E-state index is 5.02. The number of nitrogens with zero attached hydrogens (tertiary/aromatic N) is 3. The molecule has 2 N–H and O–H groups in total. The van der Waals surface area contributed by atoms with Crippen LogP contribution in [0, 0.1) is 0 Å². The van der Waals surface area contributed by atoms with Crippen molar-refractivity contribution < 1.29 is 0 Å². The highest BCUT2D eigenvalue weighted by Crippen LogP contribution is 2.40. The minimum atomic E-state index is 0.695. The molecule has 0 spiro atoms. The molecule has 2 aliphatic rings. The van der Waals surface area contributed by atoms with E-state index in [1.54, 1.807) is 0 Å². The highest BCUT2D eigenvalue weighted by Gasteiger charge is 2.27. The molecule has 0 aliphatic carbocycles. The highest BCUT2D eigenvalue weighted by molar-refractivity contribution is 9.10. The van der Waals surface area contributed by atoms with E-state index in [0.717, 1.165) is 68.0 Å². The van der Waals surface area contributed by atoms with Crippen LogP contribution >= 0.6 is 15.9 Å². The third-order valence-electron chi connectivity index (χ3n) is 6.03. The maximum Gasteiger partial charge on any atom is 0.226 e. The molecule has 0 amide bonds. The number of rotatable bonds is 6. The van der Waals surface area contributed by atoms with Gasteiger partial charge in [0.25, 0.3) is 0 Å². The molecule has 6 heteroatoms. The third-order valence-corrected chi connectivity index (χ3v) is 6.52. The number of aromatic nitrogens is 2. The Labute approximate surface area is 198 Å². The Hall–Kier alpha value is -2.86. The lowest BCUT2D eigenvalue weighted by molar-refractivity contribution is 0.754. The summed E-state index contributed by atoms with van der Waals surface area (Å²) in [6.07, 6.45) is 6.58.